The van der Waals surface area contributed by atoms with Gasteiger partial charge < -0.3 is 24.8 Å². The Hall–Kier alpha value is -1.38. The summed E-state index contributed by atoms with van der Waals surface area (Å²) in [6.45, 7) is 0.567. The SMILES string of the molecule is CN=C(NC)NCc1ccc(OC)c(OC)c1OC.I. The van der Waals surface area contributed by atoms with E-state index in [1.165, 1.54) is 0 Å². The molecule has 0 saturated carbocycles. The van der Waals surface area contributed by atoms with E-state index < -0.39 is 0 Å². The first-order chi connectivity index (χ1) is 9.21. The molecule has 0 radical (unpaired) electrons. The van der Waals surface area contributed by atoms with Gasteiger partial charge in [-0.25, -0.2) is 0 Å². The highest BCUT2D eigenvalue weighted by atomic mass is 127. The predicted molar refractivity (Wildman–Crippen MR) is 90.8 cm³/mol. The molecule has 0 spiro atoms. The van der Waals surface area contributed by atoms with E-state index in [1.807, 2.05) is 12.1 Å². The zero-order chi connectivity index (χ0) is 14.3. The molecule has 0 aliphatic carbocycles. The van der Waals surface area contributed by atoms with Crippen LogP contribution >= 0.6 is 24.0 Å². The lowest BCUT2D eigenvalue weighted by Crippen LogP contribution is -2.34. The maximum atomic E-state index is 5.40. The molecule has 0 fully saturated rings. The summed E-state index contributed by atoms with van der Waals surface area (Å²) in [5, 5.41) is 6.11. The van der Waals surface area contributed by atoms with E-state index in [-0.39, 0.29) is 24.0 Å². The summed E-state index contributed by atoms with van der Waals surface area (Å²) in [4.78, 5) is 4.05. The fourth-order valence-electron chi connectivity index (χ4n) is 1.76. The number of nitrogens with one attached hydrogen (secondary N) is 2. The van der Waals surface area contributed by atoms with Crippen LogP contribution in [0.1, 0.15) is 5.56 Å². The minimum Gasteiger partial charge on any atom is -0.493 e. The summed E-state index contributed by atoms with van der Waals surface area (Å²) in [5.74, 6) is 2.59. The molecule has 0 aliphatic rings. The van der Waals surface area contributed by atoms with E-state index in [0.717, 1.165) is 5.56 Å². The number of halogens is 1. The first kappa shape index (κ1) is 18.6. The molecule has 114 valence electrons. The number of methoxy groups -OCH3 is 3. The molecule has 0 unspecified atom stereocenters. The molecule has 2 N–H and O–H groups in total. The molecular weight excluding hydrogens is 373 g/mol. The van der Waals surface area contributed by atoms with Gasteiger partial charge in [-0.1, -0.05) is 0 Å². The second-order valence-electron chi connectivity index (χ2n) is 3.67. The molecule has 7 heteroatoms. The molecule has 1 aromatic carbocycles. The normalized spacial score (nSPS) is 10.3. The molecule has 0 bridgehead atoms. The Kier molecular flexibility index (Phi) is 8.86. The summed E-state index contributed by atoms with van der Waals surface area (Å²) in [6.07, 6.45) is 0. The zero-order valence-corrected chi connectivity index (χ0v) is 14.8. The van der Waals surface area contributed by atoms with Crippen molar-refractivity contribution in [2.24, 2.45) is 4.99 Å². The Labute approximate surface area is 136 Å². The van der Waals surface area contributed by atoms with Crippen molar-refractivity contribution in [3.8, 4) is 17.2 Å². The van der Waals surface area contributed by atoms with Gasteiger partial charge in [-0.15, -0.1) is 24.0 Å². The van der Waals surface area contributed by atoms with Crippen LogP contribution in [-0.4, -0.2) is 41.4 Å². The lowest BCUT2D eigenvalue weighted by molar-refractivity contribution is 0.322. The lowest BCUT2D eigenvalue weighted by Gasteiger charge is -2.16. The number of hydrogen-bond acceptors (Lipinski definition) is 4. The van der Waals surface area contributed by atoms with Gasteiger partial charge in [-0.05, 0) is 12.1 Å². The van der Waals surface area contributed by atoms with Gasteiger partial charge >= 0.3 is 0 Å². The second kappa shape index (κ2) is 9.51. The highest BCUT2D eigenvalue weighted by Crippen LogP contribution is 2.39. The van der Waals surface area contributed by atoms with Gasteiger partial charge in [-0.2, -0.15) is 0 Å². The fourth-order valence-corrected chi connectivity index (χ4v) is 1.76. The lowest BCUT2D eigenvalue weighted by atomic mass is 10.1. The van der Waals surface area contributed by atoms with Gasteiger partial charge in [0.05, 0.1) is 21.3 Å². The topological polar surface area (TPSA) is 64.1 Å². The number of rotatable bonds is 5. The standard InChI is InChI=1S/C13H21N3O3.HI/c1-14-13(15-2)16-8-9-6-7-10(17-3)12(19-5)11(9)18-4;/h6-7H,8H2,1-5H3,(H2,14,15,16);1H. The molecule has 6 nitrogen and oxygen atoms in total. The number of aliphatic imine (C=N–C) groups is 1. The third-order valence-corrected chi connectivity index (χ3v) is 2.69. The average Bonchev–Trinajstić information content (AvgIpc) is 2.47. The zero-order valence-electron chi connectivity index (χ0n) is 12.4. The van der Waals surface area contributed by atoms with Gasteiger partial charge in [0.15, 0.2) is 17.5 Å². The van der Waals surface area contributed by atoms with Crippen molar-refractivity contribution in [1.29, 1.82) is 0 Å². The van der Waals surface area contributed by atoms with Crippen LogP contribution in [0.3, 0.4) is 0 Å². The minimum atomic E-state index is 0. The fraction of sp³-hybridized carbons (Fsp3) is 0.462. The van der Waals surface area contributed by atoms with E-state index in [9.17, 15) is 0 Å². The van der Waals surface area contributed by atoms with Crippen molar-refractivity contribution < 1.29 is 14.2 Å². The quantitative estimate of drug-likeness (QED) is 0.451. The summed E-state index contributed by atoms with van der Waals surface area (Å²) in [6, 6.07) is 3.77. The van der Waals surface area contributed by atoms with Crippen molar-refractivity contribution in [2.45, 2.75) is 6.54 Å². The summed E-state index contributed by atoms with van der Waals surface area (Å²) >= 11 is 0. The predicted octanol–water partition coefficient (Wildman–Crippen LogP) is 1.63. The minimum absolute atomic E-state index is 0. The van der Waals surface area contributed by atoms with Crippen molar-refractivity contribution in [2.75, 3.05) is 35.4 Å². The van der Waals surface area contributed by atoms with E-state index in [2.05, 4.69) is 15.6 Å². The number of hydrogen-bond donors (Lipinski definition) is 2. The van der Waals surface area contributed by atoms with Crippen molar-refractivity contribution >= 4 is 29.9 Å². The van der Waals surface area contributed by atoms with Crippen molar-refractivity contribution in [1.82, 2.24) is 10.6 Å². The van der Waals surface area contributed by atoms with Crippen molar-refractivity contribution in [3.05, 3.63) is 17.7 Å². The van der Waals surface area contributed by atoms with Gasteiger partial charge in [0.2, 0.25) is 5.75 Å². The molecular formula is C13H22IN3O3. The molecule has 1 aromatic rings. The summed E-state index contributed by atoms with van der Waals surface area (Å²) in [5.41, 5.74) is 0.955. The smallest absolute Gasteiger partial charge is 0.203 e. The van der Waals surface area contributed by atoms with Crippen LogP contribution < -0.4 is 24.8 Å². The molecule has 0 amide bonds. The Morgan fingerprint density at radius 1 is 1.10 bits per heavy atom. The Morgan fingerprint density at radius 3 is 2.20 bits per heavy atom. The first-order valence-electron chi connectivity index (χ1n) is 5.88. The summed E-state index contributed by atoms with van der Waals surface area (Å²) in [7, 11) is 8.31. The second-order valence-corrected chi connectivity index (χ2v) is 3.67. The van der Waals surface area contributed by atoms with Crippen LogP contribution in [0.2, 0.25) is 0 Å². The van der Waals surface area contributed by atoms with Gasteiger partial charge in [-0.3, -0.25) is 4.99 Å². The first-order valence-corrected chi connectivity index (χ1v) is 5.88. The Balaban J connectivity index is 0.00000361. The summed E-state index contributed by atoms with van der Waals surface area (Å²) < 4.78 is 16.0. The molecule has 0 aromatic heterocycles. The molecule has 0 heterocycles. The van der Waals surface area contributed by atoms with E-state index >= 15 is 0 Å². The molecule has 1 rings (SSSR count). The molecule has 0 saturated heterocycles. The highest BCUT2D eigenvalue weighted by Gasteiger charge is 2.15. The number of ether oxygens (including phenoxy) is 3. The Morgan fingerprint density at radius 2 is 1.75 bits per heavy atom. The maximum Gasteiger partial charge on any atom is 0.203 e. The van der Waals surface area contributed by atoms with E-state index in [1.54, 1.807) is 35.4 Å². The van der Waals surface area contributed by atoms with Crippen molar-refractivity contribution in [3.63, 3.8) is 0 Å². The van der Waals surface area contributed by atoms with Crippen LogP contribution in [0, 0.1) is 0 Å². The van der Waals surface area contributed by atoms with Crippen LogP contribution in [0.15, 0.2) is 17.1 Å². The number of nitrogens with zero attached hydrogens (tertiary/aromatic N) is 1. The molecule has 0 atom stereocenters. The van der Waals surface area contributed by atoms with Gasteiger partial charge in [0, 0.05) is 26.2 Å². The molecule has 20 heavy (non-hydrogen) atoms. The maximum absolute atomic E-state index is 5.40. The largest absolute Gasteiger partial charge is 0.493 e. The van der Waals surface area contributed by atoms with Crippen LogP contribution in [0.4, 0.5) is 0 Å². The average molecular weight is 395 g/mol. The van der Waals surface area contributed by atoms with E-state index in [4.69, 9.17) is 14.2 Å². The van der Waals surface area contributed by atoms with Crippen LogP contribution in [-0.2, 0) is 6.54 Å². The number of benzene rings is 1. The third-order valence-electron chi connectivity index (χ3n) is 2.69. The van der Waals surface area contributed by atoms with E-state index in [0.29, 0.717) is 29.8 Å². The third kappa shape index (κ3) is 4.32. The van der Waals surface area contributed by atoms with Gasteiger partial charge in [0.1, 0.15) is 0 Å². The van der Waals surface area contributed by atoms with Gasteiger partial charge in [0.25, 0.3) is 0 Å². The molecule has 0 aliphatic heterocycles. The Bertz CT molecular complexity index is 453. The monoisotopic (exact) mass is 395 g/mol. The van der Waals surface area contributed by atoms with Crippen LogP contribution in [0.25, 0.3) is 0 Å². The van der Waals surface area contributed by atoms with Crippen LogP contribution in [0.5, 0.6) is 17.2 Å². The number of guanidine groups is 1. The highest BCUT2D eigenvalue weighted by molar-refractivity contribution is 14.0.